The lowest BCUT2D eigenvalue weighted by molar-refractivity contribution is -0.122. The number of ether oxygens (including phenoxy) is 1. The minimum absolute atomic E-state index is 0.0764. The second kappa shape index (κ2) is 8.82. The average Bonchev–Trinajstić information content (AvgIpc) is 3.15. The van der Waals surface area contributed by atoms with Gasteiger partial charge in [-0.2, -0.15) is 0 Å². The molecule has 0 saturated carbocycles. The van der Waals surface area contributed by atoms with Crippen LogP contribution in [0, 0.1) is 19.8 Å². The van der Waals surface area contributed by atoms with Crippen molar-refractivity contribution in [3.05, 3.63) is 82.9 Å². The summed E-state index contributed by atoms with van der Waals surface area (Å²) in [5, 5.41) is 3.51. The number of anilines is 2. The second-order valence-electron chi connectivity index (χ2n) is 7.67. The third-order valence-electron chi connectivity index (χ3n) is 5.47. The van der Waals surface area contributed by atoms with Crippen molar-refractivity contribution in [3.63, 3.8) is 0 Å². The van der Waals surface area contributed by atoms with Crippen LogP contribution in [0.3, 0.4) is 0 Å². The van der Waals surface area contributed by atoms with Crippen LogP contribution in [-0.2, 0) is 9.59 Å². The molecule has 5 nitrogen and oxygen atoms in total. The maximum atomic E-state index is 12.8. The van der Waals surface area contributed by atoms with E-state index in [2.05, 4.69) is 5.32 Å². The topological polar surface area (TPSA) is 58.6 Å². The molecule has 3 aromatic rings. The first-order chi connectivity index (χ1) is 14.9. The van der Waals surface area contributed by atoms with E-state index in [0.717, 1.165) is 22.6 Å². The molecule has 31 heavy (non-hydrogen) atoms. The number of amides is 2. The number of benzene rings is 3. The Labute approximate surface area is 186 Å². The molecule has 1 aliphatic heterocycles. The first-order valence-electron chi connectivity index (χ1n) is 10.1. The molecule has 0 aliphatic carbocycles. The van der Waals surface area contributed by atoms with Crippen molar-refractivity contribution in [1.82, 2.24) is 0 Å². The number of carbonyl (C=O) groups excluding carboxylic acids is 2. The normalized spacial score (nSPS) is 15.8. The van der Waals surface area contributed by atoms with Gasteiger partial charge >= 0.3 is 0 Å². The summed E-state index contributed by atoms with van der Waals surface area (Å²) >= 11 is 6.19. The van der Waals surface area contributed by atoms with Crippen molar-refractivity contribution in [2.75, 3.05) is 16.8 Å². The number of nitrogens with zero attached hydrogens (tertiary/aromatic N) is 1. The summed E-state index contributed by atoms with van der Waals surface area (Å²) in [6, 6.07) is 20.4. The summed E-state index contributed by atoms with van der Waals surface area (Å²) < 4.78 is 5.89. The van der Waals surface area contributed by atoms with Gasteiger partial charge in [-0.25, -0.2) is 0 Å². The van der Waals surface area contributed by atoms with Gasteiger partial charge in [0.2, 0.25) is 11.8 Å². The Morgan fingerprint density at radius 1 is 1.03 bits per heavy atom. The van der Waals surface area contributed by atoms with Crippen molar-refractivity contribution in [2.24, 2.45) is 5.92 Å². The predicted molar refractivity (Wildman–Crippen MR) is 123 cm³/mol. The summed E-state index contributed by atoms with van der Waals surface area (Å²) in [6.07, 6.45) is 0.173. The molecule has 0 unspecified atom stereocenters. The largest absolute Gasteiger partial charge is 0.457 e. The lowest BCUT2D eigenvalue weighted by Gasteiger charge is -2.19. The van der Waals surface area contributed by atoms with Gasteiger partial charge < -0.3 is 15.0 Å². The molecule has 3 aromatic carbocycles. The van der Waals surface area contributed by atoms with Crippen molar-refractivity contribution in [2.45, 2.75) is 20.3 Å². The zero-order valence-corrected chi connectivity index (χ0v) is 18.1. The fourth-order valence-electron chi connectivity index (χ4n) is 3.65. The summed E-state index contributed by atoms with van der Waals surface area (Å²) in [7, 11) is 0. The smallest absolute Gasteiger partial charge is 0.229 e. The molecule has 158 valence electrons. The van der Waals surface area contributed by atoms with Gasteiger partial charge in [-0.05, 0) is 67.4 Å². The molecule has 4 rings (SSSR count). The van der Waals surface area contributed by atoms with Gasteiger partial charge in [-0.1, -0.05) is 35.9 Å². The third-order valence-corrected chi connectivity index (χ3v) is 5.88. The highest BCUT2D eigenvalue weighted by molar-refractivity contribution is 6.31. The molecular weight excluding hydrogens is 412 g/mol. The molecule has 0 aromatic heterocycles. The number of hydrogen-bond donors (Lipinski definition) is 1. The number of para-hydroxylation sites is 1. The van der Waals surface area contributed by atoms with Crippen LogP contribution < -0.4 is 15.0 Å². The molecule has 1 N–H and O–H groups in total. The van der Waals surface area contributed by atoms with Crippen LogP contribution in [0.5, 0.6) is 11.5 Å². The summed E-state index contributed by atoms with van der Waals surface area (Å²) in [5.41, 5.74) is 3.30. The maximum Gasteiger partial charge on any atom is 0.229 e. The van der Waals surface area contributed by atoms with E-state index >= 15 is 0 Å². The van der Waals surface area contributed by atoms with Crippen LogP contribution >= 0.6 is 11.6 Å². The van der Waals surface area contributed by atoms with Gasteiger partial charge in [0.1, 0.15) is 11.5 Å². The zero-order chi connectivity index (χ0) is 22.0. The van der Waals surface area contributed by atoms with Crippen molar-refractivity contribution in [3.8, 4) is 11.5 Å². The molecular formula is C25H23ClN2O3. The fraction of sp³-hybridized carbons (Fsp3) is 0.200. The minimum Gasteiger partial charge on any atom is -0.457 e. The number of rotatable bonds is 5. The first-order valence-corrected chi connectivity index (χ1v) is 10.5. The molecule has 0 spiro atoms. The lowest BCUT2D eigenvalue weighted by atomic mass is 10.1. The van der Waals surface area contributed by atoms with Crippen molar-refractivity contribution in [1.29, 1.82) is 0 Å². The Morgan fingerprint density at radius 2 is 1.77 bits per heavy atom. The van der Waals surface area contributed by atoms with E-state index in [9.17, 15) is 9.59 Å². The van der Waals surface area contributed by atoms with Crippen LogP contribution in [0.1, 0.15) is 17.5 Å². The fourth-order valence-corrected chi connectivity index (χ4v) is 3.82. The second-order valence-corrected chi connectivity index (χ2v) is 8.08. The van der Waals surface area contributed by atoms with Crippen LogP contribution in [0.4, 0.5) is 11.4 Å². The van der Waals surface area contributed by atoms with Gasteiger partial charge in [0, 0.05) is 29.4 Å². The molecule has 1 aliphatic rings. The molecule has 0 bridgehead atoms. The Hall–Kier alpha value is -3.31. The van der Waals surface area contributed by atoms with Gasteiger partial charge in [0.15, 0.2) is 0 Å². The van der Waals surface area contributed by atoms with Crippen molar-refractivity contribution < 1.29 is 14.3 Å². The summed E-state index contributed by atoms with van der Waals surface area (Å²) in [6.45, 7) is 4.19. The SMILES string of the molecule is Cc1ccccc1Oc1ccc(NC(=O)[C@H]2CC(=O)N(c3cccc(Cl)c3C)C2)cc1. The highest BCUT2D eigenvalue weighted by atomic mass is 35.5. The molecule has 2 amide bonds. The number of halogens is 1. The Morgan fingerprint density at radius 3 is 2.52 bits per heavy atom. The third kappa shape index (κ3) is 4.57. The Balaban J connectivity index is 1.40. The predicted octanol–water partition coefficient (Wildman–Crippen LogP) is 5.74. The summed E-state index contributed by atoms with van der Waals surface area (Å²) in [5.74, 6) is 0.801. The summed E-state index contributed by atoms with van der Waals surface area (Å²) in [4.78, 5) is 26.9. The highest BCUT2D eigenvalue weighted by Crippen LogP contribution is 2.32. The average molecular weight is 435 g/mol. The van der Waals surface area contributed by atoms with E-state index in [1.165, 1.54) is 0 Å². The van der Waals surface area contributed by atoms with Crippen molar-refractivity contribution >= 4 is 34.8 Å². The lowest BCUT2D eigenvalue weighted by Crippen LogP contribution is -2.28. The zero-order valence-electron chi connectivity index (χ0n) is 17.4. The molecule has 0 radical (unpaired) electrons. The number of carbonyl (C=O) groups is 2. The van der Waals surface area contributed by atoms with Gasteiger partial charge in [-0.15, -0.1) is 0 Å². The molecule has 1 atom stereocenters. The van der Waals surface area contributed by atoms with E-state index < -0.39 is 5.92 Å². The highest BCUT2D eigenvalue weighted by Gasteiger charge is 2.35. The van der Waals surface area contributed by atoms with E-state index in [4.69, 9.17) is 16.3 Å². The van der Waals surface area contributed by atoms with Crippen LogP contribution in [-0.4, -0.2) is 18.4 Å². The number of aryl methyl sites for hydroxylation is 1. The Kier molecular flexibility index (Phi) is 5.96. The van der Waals surface area contributed by atoms with Gasteiger partial charge in [-0.3, -0.25) is 9.59 Å². The first kappa shape index (κ1) is 20.9. The minimum atomic E-state index is -0.422. The van der Waals surface area contributed by atoms with Gasteiger partial charge in [0.05, 0.1) is 5.92 Å². The monoisotopic (exact) mass is 434 g/mol. The molecule has 1 saturated heterocycles. The molecule has 1 fully saturated rings. The van der Waals surface area contributed by atoms with E-state index in [1.54, 1.807) is 23.1 Å². The van der Waals surface area contributed by atoms with E-state index in [1.807, 2.05) is 62.4 Å². The van der Waals surface area contributed by atoms with Crippen LogP contribution in [0.2, 0.25) is 5.02 Å². The van der Waals surface area contributed by atoms with Crippen LogP contribution in [0.25, 0.3) is 0 Å². The number of nitrogens with one attached hydrogen (secondary N) is 1. The Bertz CT molecular complexity index is 1130. The van der Waals surface area contributed by atoms with E-state index in [0.29, 0.717) is 23.0 Å². The molecule has 1 heterocycles. The quantitative estimate of drug-likeness (QED) is 0.557. The molecule has 6 heteroatoms. The van der Waals surface area contributed by atoms with Gasteiger partial charge in [0.25, 0.3) is 0 Å². The van der Waals surface area contributed by atoms with E-state index in [-0.39, 0.29) is 18.2 Å². The van der Waals surface area contributed by atoms with Crippen LogP contribution in [0.15, 0.2) is 66.7 Å². The number of hydrogen-bond acceptors (Lipinski definition) is 3. The maximum absolute atomic E-state index is 12.8. The standard InChI is InChI=1S/C25H23ClN2O3/c1-16-6-3-4-9-23(16)31-20-12-10-19(11-13-20)27-25(30)18-14-24(29)28(15-18)22-8-5-7-21(26)17(22)2/h3-13,18H,14-15H2,1-2H3,(H,27,30)/t18-/m0/s1.